The molecule has 2 aromatic carbocycles. The van der Waals surface area contributed by atoms with Gasteiger partial charge in [0.1, 0.15) is 11.6 Å². The molecule has 2 N–H and O–H groups in total. The number of pyridine rings is 1. The number of amides is 1. The maximum atomic E-state index is 13.6. The highest BCUT2D eigenvalue weighted by Gasteiger charge is 2.18. The van der Waals surface area contributed by atoms with Crippen molar-refractivity contribution < 1.29 is 9.18 Å². The smallest absolute Gasteiger partial charge is 0.257 e. The van der Waals surface area contributed by atoms with E-state index in [2.05, 4.69) is 15.6 Å². The molecule has 0 atom stereocenters. The molecule has 1 amide bonds. The number of nitrogens with zero attached hydrogens (tertiary/aromatic N) is 1. The summed E-state index contributed by atoms with van der Waals surface area (Å²) in [6.45, 7) is 0.838. The first kappa shape index (κ1) is 17.5. The molecule has 1 aromatic heterocycles. The number of nitrogens with one attached hydrogen (secondary N) is 2. The lowest BCUT2D eigenvalue weighted by atomic mass is 10.0. The van der Waals surface area contributed by atoms with Crippen LogP contribution in [0.3, 0.4) is 0 Å². The van der Waals surface area contributed by atoms with E-state index in [1.807, 2.05) is 24.3 Å². The van der Waals surface area contributed by atoms with E-state index >= 15 is 0 Å². The first-order valence-electron chi connectivity index (χ1n) is 8.66. The van der Waals surface area contributed by atoms with Crippen molar-refractivity contribution >= 4 is 29.0 Å². The molecular weight excluding hydrogens is 365 g/mol. The largest absolute Gasteiger partial charge is 0.384 e. The fourth-order valence-corrected chi connectivity index (χ4v) is 3.40. The zero-order chi connectivity index (χ0) is 18.8. The van der Waals surface area contributed by atoms with Crippen molar-refractivity contribution in [2.45, 2.75) is 12.8 Å². The number of hydrogen-bond acceptors (Lipinski definition) is 3. The molecule has 0 bridgehead atoms. The van der Waals surface area contributed by atoms with Gasteiger partial charge in [-0.1, -0.05) is 23.7 Å². The van der Waals surface area contributed by atoms with Crippen LogP contribution >= 0.6 is 11.6 Å². The second-order valence-corrected chi connectivity index (χ2v) is 6.84. The highest BCUT2D eigenvalue weighted by Crippen LogP contribution is 2.26. The van der Waals surface area contributed by atoms with Crippen LogP contribution in [0.15, 0.2) is 54.7 Å². The van der Waals surface area contributed by atoms with Crippen LogP contribution in [0.2, 0.25) is 5.02 Å². The molecule has 0 radical (unpaired) electrons. The number of carbonyl (C=O) groups is 1. The molecule has 136 valence electrons. The summed E-state index contributed by atoms with van der Waals surface area (Å²) >= 11 is 5.73. The lowest BCUT2D eigenvalue weighted by Gasteiger charge is -2.10. The topological polar surface area (TPSA) is 54.0 Å². The van der Waals surface area contributed by atoms with Gasteiger partial charge in [0.15, 0.2) is 0 Å². The Morgan fingerprint density at radius 1 is 1.19 bits per heavy atom. The van der Waals surface area contributed by atoms with Crippen molar-refractivity contribution in [3.05, 3.63) is 87.8 Å². The van der Waals surface area contributed by atoms with Crippen LogP contribution in [0.4, 0.5) is 15.9 Å². The summed E-state index contributed by atoms with van der Waals surface area (Å²) in [5.74, 6) is -0.156. The highest BCUT2D eigenvalue weighted by molar-refractivity contribution is 6.30. The average Bonchev–Trinajstić information content (AvgIpc) is 3.14. The van der Waals surface area contributed by atoms with Gasteiger partial charge >= 0.3 is 0 Å². The Morgan fingerprint density at radius 2 is 2.04 bits per heavy atom. The van der Waals surface area contributed by atoms with Gasteiger partial charge in [-0.25, -0.2) is 9.37 Å². The summed E-state index contributed by atoms with van der Waals surface area (Å²) in [5.41, 5.74) is 4.41. The van der Waals surface area contributed by atoms with Gasteiger partial charge < -0.3 is 10.6 Å². The standard InChI is InChI=1S/C21H17ClFN3O/c22-17-5-4-13(11-18(17)23)10-14-6-8-25-20(12-14)26-21(27)16-2-1-3-19-15(16)7-9-24-19/h1-6,8,11-12,24H,7,9-10H2,(H,25,26,27). The van der Waals surface area contributed by atoms with Gasteiger partial charge in [0.25, 0.3) is 5.91 Å². The molecule has 6 heteroatoms. The Kier molecular flexibility index (Phi) is 4.77. The van der Waals surface area contributed by atoms with Crippen LogP contribution in [0, 0.1) is 5.82 Å². The third kappa shape index (κ3) is 3.78. The third-order valence-corrected chi connectivity index (χ3v) is 4.88. The van der Waals surface area contributed by atoms with Gasteiger partial charge in [-0.15, -0.1) is 0 Å². The van der Waals surface area contributed by atoms with Crippen molar-refractivity contribution in [2.75, 3.05) is 17.2 Å². The molecule has 27 heavy (non-hydrogen) atoms. The predicted octanol–water partition coefficient (Wildman–Crippen LogP) is 4.69. The number of halogens is 2. The second kappa shape index (κ2) is 7.37. The van der Waals surface area contributed by atoms with E-state index in [4.69, 9.17) is 11.6 Å². The van der Waals surface area contributed by atoms with E-state index in [9.17, 15) is 9.18 Å². The molecule has 0 spiro atoms. The van der Waals surface area contributed by atoms with Gasteiger partial charge in [-0.2, -0.15) is 0 Å². The molecule has 0 aliphatic carbocycles. The number of carbonyl (C=O) groups excluding carboxylic acids is 1. The van der Waals surface area contributed by atoms with Gasteiger partial charge in [0.2, 0.25) is 0 Å². The van der Waals surface area contributed by atoms with E-state index in [0.717, 1.165) is 35.3 Å². The lowest BCUT2D eigenvalue weighted by molar-refractivity contribution is 0.102. The first-order valence-corrected chi connectivity index (χ1v) is 9.04. The Bertz CT molecular complexity index is 1020. The molecule has 0 saturated carbocycles. The quantitative estimate of drug-likeness (QED) is 0.689. The zero-order valence-electron chi connectivity index (χ0n) is 14.4. The number of hydrogen-bond donors (Lipinski definition) is 2. The summed E-state index contributed by atoms with van der Waals surface area (Å²) in [6.07, 6.45) is 2.98. The van der Waals surface area contributed by atoms with Gasteiger partial charge in [-0.05, 0) is 65.9 Å². The molecule has 3 aromatic rings. The fraction of sp³-hybridized carbons (Fsp3) is 0.143. The number of rotatable bonds is 4. The lowest BCUT2D eigenvalue weighted by Crippen LogP contribution is -2.15. The van der Waals surface area contributed by atoms with Crippen molar-refractivity contribution in [1.82, 2.24) is 4.98 Å². The maximum Gasteiger partial charge on any atom is 0.257 e. The SMILES string of the molecule is O=C(Nc1cc(Cc2ccc(Cl)c(F)c2)ccn1)c1cccc2c1CCN2. The summed E-state index contributed by atoms with van der Waals surface area (Å²) in [7, 11) is 0. The van der Waals surface area contributed by atoms with Crippen LogP contribution < -0.4 is 10.6 Å². The van der Waals surface area contributed by atoms with Crippen LogP contribution in [-0.2, 0) is 12.8 Å². The van der Waals surface area contributed by atoms with Gasteiger partial charge in [-0.3, -0.25) is 4.79 Å². The van der Waals surface area contributed by atoms with Gasteiger partial charge in [0, 0.05) is 24.0 Å². The number of benzene rings is 2. The van der Waals surface area contributed by atoms with E-state index in [1.165, 1.54) is 6.07 Å². The third-order valence-electron chi connectivity index (χ3n) is 4.57. The molecule has 1 aliphatic heterocycles. The van der Waals surface area contributed by atoms with Gasteiger partial charge in [0.05, 0.1) is 5.02 Å². The molecule has 4 rings (SSSR count). The van der Waals surface area contributed by atoms with E-state index < -0.39 is 5.82 Å². The Balaban J connectivity index is 1.52. The normalized spacial score (nSPS) is 12.4. The minimum absolute atomic E-state index is 0.103. The van der Waals surface area contributed by atoms with Crippen molar-refractivity contribution in [1.29, 1.82) is 0 Å². The Morgan fingerprint density at radius 3 is 2.89 bits per heavy atom. The number of aromatic nitrogens is 1. The molecule has 0 fully saturated rings. The summed E-state index contributed by atoms with van der Waals surface area (Å²) in [6, 6.07) is 14.0. The second-order valence-electron chi connectivity index (χ2n) is 6.44. The minimum Gasteiger partial charge on any atom is -0.384 e. The van der Waals surface area contributed by atoms with Crippen LogP contribution in [0.5, 0.6) is 0 Å². The van der Waals surface area contributed by atoms with E-state index in [1.54, 1.807) is 24.4 Å². The van der Waals surface area contributed by atoms with Crippen molar-refractivity contribution in [3.63, 3.8) is 0 Å². The van der Waals surface area contributed by atoms with Crippen molar-refractivity contribution in [2.24, 2.45) is 0 Å². The molecule has 2 heterocycles. The first-order chi connectivity index (χ1) is 13.1. The monoisotopic (exact) mass is 381 g/mol. The van der Waals surface area contributed by atoms with E-state index in [-0.39, 0.29) is 10.9 Å². The minimum atomic E-state index is -0.441. The summed E-state index contributed by atoms with van der Waals surface area (Å²) < 4.78 is 13.6. The average molecular weight is 382 g/mol. The predicted molar refractivity (Wildman–Crippen MR) is 105 cm³/mol. The van der Waals surface area contributed by atoms with Crippen LogP contribution in [0.1, 0.15) is 27.0 Å². The number of anilines is 2. The molecule has 0 unspecified atom stereocenters. The summed E-state index contributed by atoms with van der Waals surface area (Å²) in [4.78, 5) is 16.9. The van der Waals surface area contributed by atoms with Crippen LogP contribution in [-0.4, -0.2) is 17.4 Å². The molecule has 1 aliphatic rings. The highest BCUT2D eigenvalue weighted by atomic mass is 35.5. The Hall–Kier alpha value is -2.92. The number of fused-ring (bicyclic) bond motifs is 1. The van der Waals surface area contributed by atoms with E-state index in [0.29, 0.717) is 17.8 Å². The Labute approximate surface area is 161 Å². The molecular formula is C21H17ClFN3O. The molecule has 0 saturated heterocycles. The van der Waals surface area contributed by atoms with Crippen molar-refractivity contribution in [3.8, 4) is 0 Å². The van der Waals surface area contributed by atoms with Crippen LogP contribution in [0.25, 0.3) is 0 Å². The summed E-state index contributed by atoms with van der Waals surface area (Å²) in [5, 5.41) is 6.23. The maximum absolute atomic E-state index is 13.6. The zero-order valence-corrected chi connectivity index (χ0v) is 15.2. The fourth-order valence-electron chi connectivity index (χ4n) is 3.28. The molecule has 4 nitrogen and oxygen atoms in total.